The number of nitrogens with two attached hydrogens (primary N) is 2. The Labute approximate surface area is 96.4 Å². The number of anilines is 1. The molecule has 102 valence electrons. The number of halogens is 7. The van der Waals surface area contributed by atoms with Gasteiger partial charge in [0.2, 0.25) is 0 Å². The molecule has 0 aromatic heterocycles. The highest BCUT2D eigenvalue weighted by atomic mass is 19.4. The average Bonchev–Trinajstić information content (AvgIpc) is 2.17. The maximum Gasteiger partial charge on any atom is 0.416 e. The zero-order valence-electron chi connectivity index (χ0n) is 8.53. The molecule has 1 aromatic rings. The molecule has 0 saturated heterocycles. The Hall–Kier alpha value is -1.51. The van der Waals surface area contributed by atoms with Crippen LogP contribution in [0.25, 0.3) is 0 Å². The average molecular weight is 276 g/mol. The molecule has 0 heterocycles. The fraction of sp³-hybridized carbons (Fsp3) is 0.333. The van der Waals surface area contributed by atoms with E-state index >= 15 is 0 Å². The normalized spacial score (nSPS) is 14.7. The highest BCUT2D eigenvalue weighted by Gasteiger charge is 2.44. The van der Waals surface area contributed by atoms with Gasteiger partial charge < -0.3 is 11.5 Å². The minimum absolute atomic E-state index is 0.0519. The first kappa shape index (κ1) is 14.6. The third-order valence-corrected chi connectivity index (χ3v) is 2.16. The molecule has 0 aliphatic rings. The summed E-state index contributed by atoms with van der Waals surface area (Å²) in [5.74, 6) is -1.39. The quantitative estimate of drug-likeness (QED) is 0.612. The molecule has 0 aliphatic heterocycles. The molecule has 1 rings (SSSR count). The van der Waals surface area contributed by atoms with Gasteiger partial charge in [-0.25, -0.2) is 4.39 Å². The smallest absolute Gasteiger partial charge is 0.396 e. The zero-order valence-corrected chi connectivity index (χ0v) is 8.53. The molecule has 0 unspecified atom stereocenters. The third kappa shape index (κ3) is 2.84. The second kappa shape index (κ2) is 4.30. The van der Waals surface area contributed by atoms with Gasteiger partial charge in [-0.15, -0.1) is 0 Å². The summed E-state index contributed by atoms with van der Waals surface area (Å²) in [6.45, 7) is 0. The van der Waals surface area contributed by atoms with Crippen molar-refractivity contribution < 1.29 is 30.7 Å². The summed E-state index contributed by atoms with van der Waals surface area (Å²) < 4.78 is 87.4. The van der Waals surface area contributed by atoms with Crippen LogP contribution in [0.1, 0.15) is 17.2 Å². The van der Waals surface area contributed by atoms with E-state index in [4.69, 9.17) is 5.73 Å². The topological polar surface area (TPSA) is 52.0 Å². The van der Waals surface area contributed by atoms with Crippen LogP contribution in [0, 0.1) is 5.82 Å². The van der Waals surface area contributed by atoms with Crippen molar-refractivity contribution in [2.75, 3.05) is 5.73 Å². The van der Waals surface area contributed by atoms with Gasteiger partial charge in [0, 0.05) is 0 Å². The third-order valence-electron chi connectivity index (χ3n) is 2.16. The van der Waals surface area contributed by atoms with E-state index in [1.807, 2.05) is 0 Å². The van der Waals surface area contributed by atoms with E-state index in [1.165, 1.54) is 0 Å². The molecule has 0 fully saturated rings. The minimum Gasteiger partial charge on any atom is -0.396 e. The van der Waals surface area contributed by atoms with Crippen molar-refractivity contribution in [3.63, 3.8) is 0 Å². The van der Waals surface area contributed by atoms with E-state index in [1.54, 1.807) is 0 Å². The van der Waals surface area contributed by atoms with Crippen LogP contribution in [-0.2, 0) is 6.18 Å². The SMILES string of the molecule is Nc1cc(C(F)(F)F)c([C@H](N)C(F)(F)F)cc1F. The Morgan fingerprint density at radius 2 is 1.50 bits per heavy atom. The molecule has 0 aliphatic carbocycles. The van der Waals surface area contributed by atoms with Crippen molar-refractivity contribution in [2.24, 2.45) is 5.73 Å². The lowest BCUT2D eigenvalue weighted by atomic mass is 9.99. The molecular formula is C9H7F7N2. The van der Waals surface area contributed by atoms with Crippen LogP contribution in [0.3, 0.4) is 0 Å². The Morgan fingerprint density at radius 1 is 1.00 bits per heavy atom. The molecule has 9 heteroatoms. The Bertz CT molecular complexity index is 449. The maximum absolute atomic E-state index is 13.0. The minimum atomic E-state index is -5.12. The highest BCUT2D eigenvalue weighted by molar-refractivity contribution is 5.48. The first-order valence-corrected chi connectivity index (χ1v) is 4.43. The molecular weight excluding hydrogens is 269 g/mol. The molecule has 1 aromatic carbocycles. The van der Waals surface area contributed by atoms with E-state index < -0.39 is 41.0 Å². The van der Waals surface area contributed by atoms with Crippen molar-refractivity contribution in [2.45, 2.75) is 18.4 Å². The van der Waals surface area contributed by atoms with Gasteiger partial charge in [-0.05, 0) is 17.7 Å². The Balaban J connectivity index is 3.47. The summed E-state index contributed by atoms with van der Waals surface area (Å²) in [5, 5.41) is 0. The van der Waals surface area contributed by atoms with Gasteiger partial charge in [0.25, 0.3) is 0 Å². The van der Waals surface area contributed by atoms with Crippen LogP contribution < -0.4 is 11.5 Å². The first-order chi connectivity index (χ1) is 7.94. The molecule has 1 atom stereocenters. The lowest BCUT2D eigenvalue weighted by Gasteiger charge is -2.21. The van der Waals surface area contributed by atoms with Crippen LogP contribution in [-0.4, -0.2) is 6.18 Å². The van der Waals surface area contributed by atoms with Gasteiger partial charge in [0.05, 0.1) is 11.3 Å². The molecule has 0 amide bonds. The number of nitrogen functional groups attached to an aromatic ring is 1. The Morgan fingerprint density at radius 3 is 1.89 bits per heavy atom. The molecule has 0 radical (unpaired) electrons. The van der Waals surface area contributed by atoms with E-state index in [0.717, 1.165) is 0 Å². The molecule has 0 saturated carbocycles. The van der Waals surface area contributed by atoms with Crippen molar-refractivity contribution >= 4 is 5.69 Å². The van der Waals surface area contributed by atoms with Gasteiger partial charge in [-0.1, -0.05) is 0 Å². The van der Waals surface area contributed by atoms with E-state index in [0.29, 0.717) is 0 Å². The molecule has 0 bridgehead atoms. The van der Waals surface area contributed by atoms with Gasteiger partial charge in [0.1, 0.15) is 11.9 Å². The van der Waals surface area contributed by atoms with Gasteiger partial charge in [-0.2, -0.15) is 26.3 Å². The molecule has 2 nitrogen and oxygen atoms in total. The number of benzene rings is 1. The standard InChI is InChI=1S/C9H7F7N2/c10-5-1-3(7(18)9(14,15)16)4(2-6(5)17)8(11,12)13/h1-2,7H,17-18H2/t7-/m0/s1. The predicted octanol–water partition coefficient (Wildman–Crippen LogP) is 2.99. The highest BCUT2D eigenvalue weighted by Crippen LogP contribution is 2.40. The fourth-order valence-corrected chi connectivity index (χ4v) is 1.28. The summed E-state index contributed by atoms with van der Waals surface area (Å²) >= 11 is 0. The van der Waals surface area contributed by atoms with Crippen LogP contribution in [0.5, 0.6) is 0 Å². The number of alkyl halides is 6. The van der Waals surface area contributed by atoms with E-state index in [9.17, 15) is 30.7 Å². The largest absolute Gasteiger partial charge is 0.416 e. The van der Waals surface area contributed by atoms with Crippen molar-refractivity contribution in [1.82, 2.24) is 0 Å². The summed E-state index contributed by atoms with van der Waals surface area (Å²) in [7, 11) is 0. The second-order valence-electron chi connectivity index (χ2n) is 3.48. The molecule has 0 spiro atoms. The maximum atomic E-state index is 13.0. The summed E-state index contributed by atoms with van der Waals surface area (Å²) in [4.78, 5) is 0. The Kier molecular flexibility index (Phi) is 3.48. The summed E-state index contributed by atoms with van der Waals surface area (Å²) in [6.07, 6.45) is -10.2. The summed E-state index contributed by atoms with van der Waals surface area (Å²) in [5.41, 5.74) is 5.55. The van der Waals surface area contributed by atoms with Crippen molar-refractivity contribution in [3.8, 4) is 0 Å². The van der Waals surface area contributed by atoms with Crippen molar-refractivity contribution in [3.05, 3.63) is 29.1 Å². The van der Waals surface area contributed by atoms with Crippen LogP contribution in [0.15, 0.2) is 12.1 Å². The zero-order chi connectivity index (χ0) is 14.3. The van der Waals surface area contributed by atoms with E-state index in [-0.39, 0.29) is 12.1 Å². The van der Waals surface area contributed by atoms with Crippen LogP contribution in [0.2, 0.25) is 0 Å². The lowest BCUT2D eigenvalue weighted by Crippen LogP contribution is -2.31. The molecule has 4 N–H and O–H groups in total. The molecule has 18 heavy (non-hydrogen) atoms. The number of hydrogen-bond acceptors (Lipinski definition) is 2. The monoisotopic (exact) mass is 276 g/mol. The fourth-order valence-electron chi connectivity index (χ4n) is 1.28. The van der Waals surface area contributed by atoms with Crippen LogP contribution >= 0.6 is 0 Å². The van der Waals surface area contributed by atoms with Crippen LogP contribution in [0.4, 0.5) is 36.4 Å². The predicted molar refractivity (Wildman–Crippen MR) is 48.8 cm³/mol. The van der Waals surface area contributed by atoms with Gasteiger partial charge in [-0.3, -0.25) is 0 Å². The summed E-state index contributed by atoms with van der Waals surface area (Å²) in [6, 6.07) is -2.80. The lowest BCUT2D eigenvalue weighted by molar-refractivity contribution is -0.155. The van der Waals surface area contributed by atoms with Gasteiger partial charge >= 0.3 is 12.4 Å². The number of rotatable bonds is 1. The van der Waals surface area contributed by atoms with Gasteiger partial charge in [0.15, 0.2) is 0 Å². The first-order valence-electron chi connectivity index (χ1n) is 4.43. The van der Waals surface area contributed by atoms with E-state index in [2.05, 4.69) is 5.73 Å². The number of hydrogen-bond donors (Lipinski definition) is 2. The van der Waals surface area contributed by atoms with Crippen molar-refractivity contribution in [1.29, 1.82) is 0 Å². The second-order valence-corrected chi connectivity index (χ2v) is 3.48.